The van der Waals surface area contributed by atoms with Gasteiger partial charge in [0.15, 0.2) is 0 Å². The van der Waals surface area contributed by atoms with E-state index in [0.29, 0.717) is 49.2 Å². The summed E-state index contributed by atoms with van der Waals surface area (Å²) in [6.45, 7) is 5.79. The molecule has 3 amide bonds. The molecule has 3 N–H and O–H groups in total. The average Bonchev–Trinajstić information content (AvgIpc) is 3.31. The molecule has 230 valence electrons. The number of nitrogens with one attached hydrogen (secondary N) is 3. The number of urea groups is 1. The lowest BCUT2D eigenvalue weighted by atomic mass is 10.0. The highest BCUT2D eigenvalue weighted by molar-refractivity contribution is 5.95. The van der Waals surface area contributed by atoms with Gasteiger partial charge < -0.3 is 39.5 Å². The van der Waals surface area contributed by atoms with Crippen LogP contribution < -0.4 is 25.4 Å². The van der Waals surface area contributed by atoms with E-state index in [4.69, 9.17) is 18.9 Å². The van der Waals surface area contributed by atoms with E-state index in [9.17, 15) is 9.59 Å². The first-order valence-corrected chi connectivity index (χ1v) is 14.6. The SMILES string of the molecule is COCCOc1cc2cc(c1)C(=O)NCCNC(=O)N[C@H]1CCN(Cc3cnc(C)n3C)C[C@@H]1OCc1cccc(c1)O2. The van der Waals surface area contributed by atoms with E-state index in [1.807, 2.05) is 44.4 Å². The normalized spacial score (nSPS) is 20.0. The van der Waals surface area contributed by atoms with Crippen molar-refractivity contribution < 1.29 is 28.5 Å². The number of aromatic nitrogens is 2. The number of aryl methyl sites for hydroxylation is 1. The highest BCUT2D eigenvalue weighted by atomic mass is 16.5. The number of ether oxygens (including phenoxy) is 4. The molecule has 3 aromatic rings. The molecule has 0 spiro atoms. The maximum absolute atomic E-state index is 13.0. The molecule has 1 aromatic heterocycles. The van der Waals surface area contributed by atoms with Crippen LogP contribution in [-0.4, -0.2) is 85.0 Å². The molecule has 2 atom stereocenters. The number of carbonyl (C=O) groups is 2. The smallest absolute Gasteiger partial charge is 0.315 e. The third-order valence-corrected chi connectivity index (χ3v) is 7.65. The van der Waals surface area contributed by atoms with Crippen LogP contribution in [0.25, 0.3) is 0 Å². The van der Waals surface area contributed by atoms with Gasteiger partial charge in [-0.15, -0.1) is 0 Å². The van der Waals surface area contributed by atoms with Crippen molar-refractivity contribution in [3.63, 3.8) is 0 Å². The van der Waals surface area contributed by atoms with E-state index in [1.54, 1.807) is 25.3 Å². The van der Waals surface area contributed by atoms with Gasteiger partial charge in [0.2, 0.25) is 0 Å². The Labute approximate surface area is 251 Å². The third-order valence-electron chi connectivity index (χ3n) is 7.65. The standard InChI is InChI=1S/C31H40N6O6/c1-21-34-17-24(36(21)2)18-37-10-7-28-29(19-37)42-20-22-5-4-6-25(13-22)43-27-15-23(14-26(16-27)41-12-11-40-3)30(38)32-8-9-33-31(39)35-28/h4-6,13-17,28-29H,7-12,18-20H2,1-3H3,(H,32,38)(H2,33,35,39)/t28-,29-/m0/s1. The van der Waals surface area contributed by atoms with Gasteiger partial charge in [-0.25, -0.2) is 9.78 Å². The van der Waals surface area contributed by atoms with Gasteiger partial charge >= 0.3 is 6.03 Å². The fourth-order valence-corrected chi connectivity index (χ4v) is 5.18. The van der Waals surface area contributed by atoms with Crippen LogP contribution in [0.1, 0.15) is 33.9 Å². The van der Waals surface area contributed by atoms with Crippen LogP contribution in [0.15, 0.2) is 48.7 Å². The van der Waals surface area contributed by atoms with E-state index in [-0.39, 0.29) is 37.2 Å². The number of methoxy groups -OCH3 is 1. The number of carbonyl (C=O) groups excluding carboxylic acids is 2. The van der Waals surface area contributed by atoms with Gasteiger partial charge in [0, 0.05) is 64.7 Å². The third kappa shape index (κ3) is 8.25. The van der Waals surface area contributed by atoms with Gasteiger partial charge in [-0.05, 0) is 43.2 Å². The van der Waals surface area contributed by atoms with Crippen molar-refractivity contribution in [2.45, 2.75) is 38.6 Å². The molecule has 2 aromatic carbocycles. The summed E-state index contributed by atoms with van der Waals surface area (Å²) in [5.74, 6) is 2.22. The van der Waals surface area contributed by atoms with Crippen molar-refractivity contribution >= 4 is 11.9 Å². The van der Waals surface area contributed by atoms with Gasteiger partial charge in [-0.3, -0.25) is 9.69 Å². The Bertz CT molecular complexity index is 1410. The second kappa shape index (κ2) is 14.4. The number of likely N-dealkylation sites (tertiary alicyclic amines) is 1. The Morgan fingerprint density at radius 3 is 2.74 bits per heavy atom. The summed E-state index contributed by atoms with van der Waals surface area (Å²) in [6.07, 6.45) is 2.41. The Kier molecular flexibility index (Phi) is 10.1. The Morgan fingerprint density at radius 1 is 1.07 bits per heavy atom. The molecule has 5 rings (SSSR count). The molecule has 0 saturated carbocycles. The van der Waals surface area contributed by atoms with Gasteiger partial charge in [-0.2, -0.15) is 0 Å². The molecule has 43 heavy (non-hydrogen) atoms. The molecule has 0 unspecified atom stereocenters. The molecule has 1 fully saturated rings. The Balaban J connectivity index is 1.35. The monoisotopic (exact) mass is 592 g/mol. The first kappa shape index (κ1) is 30.3. The number of benzene rings is 2. The summed E-state index contributed by atoms with van der Waals surface area (Å²) in [7, 11) is 3.62. The van der Waals surface area contributed by atoms with E-state index >= 15 is 0 Å². The fraction of sp³-hybridized carbons (Fsp3) is 0.452. The zero-order valence-corrected chi connectivity index (χ0v) is 24.9. The molecule has 4 bridgehead atoms. The van der Waals surface area contributed by atoms with Gasteiger partial charge in [0.1, 0.15) is 29.7 Å². The van der Waals surface area contributed by atoms with Crippen molar-refractivity contribution in [2.75, 3.05) is 46.5 Å². The largest absolute Gasteiger partial charge is 0.491 e. The molecule has 3 heterocycles. The number of fused-ring (bicyclic) bond motifs is 5. The van der Waals surface area contributed by atoms with E-state index in [2.05, 4.69) is 30.4 Å². The van der Waals surface area contributed by atoms with Gasteiger partial charge in [0.05, 0.1) is 31.1 Å². The van der Waals surface area contributed by atoms with E-state index in [1.165, 1.54) is 0 Å². The summed E-state index contributed by atoms with van der Waals surface area (Å²) >= 11 is 0. The van der Waals surface area contributed by atoms with Gasteiger partial charge in [-0.1, -0.05) is 12.1 Å². The first-order valence-electron chi connectivity index (χ1n) is 14.6. The number of hydrogen-bond donors (Lipinski definition) is 3. The van der Waals surface area contributed by atoms with Crippen LogP contribution in [0.2, 0.25) is 0 Å². The minimum atomic E-state index is -0.302. The highest BCUT2D eigenvalue weighted by Gasteiger charge is 2.32. The van der Waals surface area contributed by atoms with Crippen molar-refractivity contribution in [1.29, 1.82) is 0 Å². The van der Waals surface area contributed by atoms with Crippen molar-refractivity contribution in [2.24, 2.45) is 7.05 Å². The number of nitrogens with zero attached hydrogens (tertiary/aromatic N) is 3. The topological polar surface area (TPSA) is 128 Å². The zero-order valence-electron chi connectivity index (χ0n) is 24.9. The molecule has 12 nitrogen and oxygen atoms in total. The van der Waals surface area contributed by atoms with Crippen LogP contribution >= 0.6 is 0 Å². The number of imidazole rings is 1. The Morgan fingerprint density at radius 2 is 1.93 bits per heavy atom. The highest BCUT2D eigenvalue weighted by Crippen LogP contribution is 2.29. The molecule has 1 saturated heterocycles. The number of rotatable bonds is 6. The lowest BCUT2D eigenvalue weighted by molar-refractivity contribution is -0.0307. The van der Waals surface area contributed by atoms with Crippen LogP contribution in [0.4, 0.5) is 4.79 Å². The van der Waals surface area contributed by atoms with E-state index < -0.39 is 0 Å². The molecular formula is C31H40N6O6. The summed E-state index contributed by atoms with van der Waals surface area (Å²) < 4.78 is 25.6. The summed E-state index contributed by atoms with van der Waals surface area (Å²) in [4.78, 5) is 32.6. The van der Waals surface area contributed by atoms with Gasteiger partial charge in [0.25, 0.3) is 5.91 Å². The predicted molar refractivity (Wildman–Crippen MR) is 159 cm³/mol. The van der Waals surface area contributed by atoms with Crippen molar-refractivity contribution in [1.82, 2.24) is 30.4 Å². The minimum Gasteiger partial charge on any atom is -0.491 e. The summed E-state index contributed by atoms with van der Waals surface area (Å²) in [5, 5.41) is 8.80. The lowest BCUT2D eigenvalue weighted by Crippen LogP contribution is -2.56. The van der Waals surface area contributed by atoms with Crippen LogP contribution in [0.5, 0.6) is 17.2 Å². The molecular weight excluding hydrogens is 552 g/mol. The zero-order chi connectivity index (χ0) is 30.2. The van der Waals surface area contributed by atoms with Crippen molar-refractivity contribution in [3.05, 3.63) is 71.3 Å². The predicted octanol–water partition coefficient (Wildman–Crippen LogP) is 2.75. The minimum absolute atomic E-state index is 0.172. The number of hydrogen-bond acceptors (Lipinski definition) is 8. The van der Waals surface area contributed by atoms with E-state index in [0.717, 1.165) is 36.6 Å². The quantitative estimate of drug-likeness (QED) is 0.373. The summed E-state index contributed by atoms with van der Waals surface area (Å²) in [6, 6.07) is 12.2. The first-order chi connectivity index (χ1) is 20.9. The van der Waals surface area contributed by atoms with Crippen LogP contribution in [0, 0.1) is 6.92 Å². The molecule has 12 heteroatoms. The molecule has 2 aliphatic rings. The molecule has 2 aliphatic heterocycles. The van der Waals surface area contributed by atoms with Crippen LogP contribution in [0.3, 0.4) is 0 Å². The molecule has 0 aliphatic carbocycles. The second-order valence-electron chi connectivity index (χ2n) is 10.8. The van der Waals surface area contributed by atoms with Crippen molar-refractivity contribution in [3.8, 4) is 17.2 Å². The summed E-state index contributed by atoms with van der Waals surface area (Å²) in [5.41, 5.74) is 2.43. The van der Waals surface area contributed by atoms with Crippen LogP contribution in [-0.2, 0) is 29.7 Å². The Hall–Kier alpha value is -4.13. The second-order valence-corrected chi connectivity index (χ2v) is 10.8. The maximum Gasteiger partial charge on any atom is 0.315 e. The number of amides is 3. The molecule has 0 radical (unpaired) electrons. The number of piperidine rings is 1. The average molecular weight is 593 g/mol. The fourth-order valence-electron chi connectivity index (χ4n) is 5.18. The lowest BCUT2D eigenvalue weighted by Gasteiger charge is -2.38. The maximum atomic E-state index is 13.0.